The molecule has 1 aromatic heterocycles. The van der Waals surface area contributed by atoms with Crippen LogP contribution in [0.2, 0.25) is 5.02 Å². The molecular weight excluding hydrogens is 344 g/mol. The molecule has 0 bridgehead atoms. The van der Waals surface area contributed by atoms with E-state index in [0.717, 1.165) is 28.2 Å². The normalized spacial score (nSPS) is 10.7. The van der Waals surface area contributed by atoms with Gasteiger partial charge in [0.25, 0.3) is 0 Å². The number of benzene rings is 2. The van der Waals surface area contributed by atoms with Crippen LogP contribution in [-0.2, 0) is 0 Å². The molecule has 0 unspecified atom stereocenters. The second kappa shape index (κ2) is 8.15. The zero-order valence-electron chi connectivity index (χ0n) is 15.1. The van der Waals surface area contributed by atoms with Gasteiger partial charge in [0, 0.05) is 11.1 Å². The van der Waals surface area contributed by atoms with Crippen molar-refractivity contribution in [3.8, 4) is 5.88 Å². The molecule has 0 aliphatic carbocycles. The number of pyridine rings is 1. The van der Waals surface area contributed by atoms with E-state index in [9.17, 15) is 0 Å². The number of hydrogen-bond donors (Lipinski definition) is 0. The van der Waals surface area contributed by atoms with Crippen LogP contribution in [0.5, 0.6) is 5.88 Å². The average Bonchev–Trinajstić information content (AvgIpc) is 2.67. The molecule has 4 heteroatoms. The van der Waals surface area contributed by atoms with Gasteiger partial charge in [0.15, 0.2) is 0 Å². The highest BCUT2D eigenvalue weighted by atomic mass is 35.5. The minimum atomic E-state index is 0.188. The van der Waals surface area contributed by atoms with Gasteiger partial charge in [0.1, 0.15) is 5.02 Å². The van der Waals surface area contributed by atoms with Crippen molar-refractivity contribution in [2.45, 2.75) is 19.8 Å². The Kier molecular flexibility index (Phi) is 5.69. The van der Waals surface area contributed by atoms with Crippen LogP contribution in [0.3, 0.4) is 0 Å². The minimum absolute atomic E-state index is 0.188. The Morgan fingerprint density at radius 1 is 0.962 bits per heavy atom. The molecule has 0 saturated heterocycles. The van der Waals surface area contributed by atoms with Crippen LogP contribution in [0.4, 0.5) is 5.69 Å². The average molecular weight is 365 g/mol. The van der Waals surface area contributed by atoms with Crippen LogP contribution in [0.25, 0.3) is 0 Å². The summed E-state index contributed by atoms with van der Waals surface area (Å²) in [7, 11) is 1.57. The summed E-state index contributed by atoms with van der Waals surface area (Å²) in [5.41, 5.74) is 4.58. The van der Waals surface area contributed by atoms with Crippen LogP contribution in [0.1, 0.15) is 36.6 Å². The van der Waals surface area contributed by atoms with Gasteiger partial charge >= 0.3 is 0 Å². The molecule has 0 saturated carbocycles. The van der Waals surface area contributed by atoms with E-state index in [2.05, 4.69) is 43.1 Å². The largest absolute Gasteiger partial charge is 0.480 e. The Balaban J connectivity index is 2.22. The summed E-state index contributed by atoms with van der Waals surface area (Å²) in [6.45, 7) is 4.17. The number of rotatable bonds is 5. The van der Waals surface area contributed by atoms with Gasteiger partial charge in [-0.2, -0.15) is 0 Å². The summed E-state index contributed by atoms with van der Waals surface area (Å²) in [5, 5.41) is 0.455. The van der Waals surface area contributed by atoms with E-state index in [0.29, 0.717) is 10.9 Å². The first-order chi connectivity index (χ1) is 12.6. The summed E-state index contributed by atoms with van der Waals surface area (Å²) in [6.07, 6.45) is 0. The predicted molar refractivity (Wildman–Crippen MR) is 108 cm³/mol. The van der Waals surface area contributed by atoms with Crippen molar-refractivity contribution in [3.63, 3.8) is 0 Å². The van der Waals surface area contributed by atoms with Crippen molar-refractivity contribution in [2.24, 2.45) is 4.99 Å². The lowest BCUT2D eigenvalue weighted by atomic mass is 10.0. The van der Waals surface area contributed by atoms with E-state index in [1.54, 1.807) is 7.11 Å². The van der Waals surface area contributed by atoms with Gasteiger partial charge in [-0.1, -0.05) is 86.1 Å². The Morgan fingerprint density at radius 3 is 1.96 bits per heavy atom. The number of methoxy groups -OCH3 is 1. The van der Waals surface area contributed by atoms with Gasteiger partial charge in [-0.25, -0.2) is 9.98 Å². The standard InChI is InChI=1S/C22H21ClN2O/c1-15(2)20-19(14-18(23)22(25-20)26-3)24-21(16-10-6-4-7-11-16)17-12-8-5-9-13-17/h4-15H,1-3H3. The molecule has 3 aromatic rings. The quantitative estimate of drug-likeness (QED) is 0.517. The molecule has 26 heavy (non-hydrogen) atoms. The fourth-order valence-corrected chi connectivity index (χ4v) is 2.96. The Labute approximate surface area is 159 Å². The van der Waals surface area contributed by atoms with Crippen molar-refractivity contribution in [1.29, 1.82) is 0 Å². The number of hydrogen-bond acceptors (Lipinski definition) is 3. The lowest BCUT2D eigenvalue weighted by Crippen LogP contribution is -2.04. The Hall–Kier alpha value is -2.65. The Morgan fingerprint density at radius 2 is 1.50 bits per heavy atom. The molecule has 132 valence electrons. The third-order valence-electron chi connectivity index (χ3n) is 4.02. The van der Waals surface area contributed by atoms with Gasteiger partial charge in [-0.3, -0.25) is 0 Å². The zero-order valence-corrected chi connectivity index (χ0v) is 15.9. The highest BCUT2D eigenvalue weighted by molar-refractivity contribution is 6.32. The van der Waals surface area contributed by atoms with Crippen LogP contribution < -0.4 is 4.74 Å². The van der Waals surface area contributed by atoms with Gasteiger partial charge in [-0.15, -0.1) is 0 Å². The molecule has 0 radical (unpaired) electrons. The summed E-state index contributed by atoms with van der Waals surface area (Å²) in [4.78, 5) is 9.54. The smallest absolute Gasteiger partial charge is 0.232 e. The van der Waals surface area contributed by atoms with E-state index in [1.807, 2.05) is 42.5 Å². The SMILES string of the molecule is COc1nc(C(C)C)c(N=C(c2ccccc2)c2ccccc2)cc1Cl. The molecule has 0 amide bonds. The van der Waals surface area contributed by atoms with Crippen molar-refractivity contribution in [2.75, 3.05) is 7.11 Å². The molecule has 2 aromatic carbocycles. The number of ether oxygens (including phenoxy) is 1. The lowest BCUT2D eigenvalue weighted by Gasteiger charge is -2.14. The molecule has 0 N–H and O–H groups in total. The van der Waals surface area contributed by atoms with Crippen molar-refractivity contribution >= 4 is 23.0 Å². The summed E-state index contributed by atoms with van der Waals surface area (Å²) >= 11 is 6.32. The molecule has 0 atom stereocenters. The third kappa shape index (κ3) is 3.94. The fourth-order valence-electron chi connectivity index (χ4n) is 2.74. The van der Waals surface area contributed by atoms with E-state index < -0.39 is 0 Å². The third-order valence-corrected chi connectivity index (χ3v) is 4.29. The maximum absolute atomic E-state index is 6.32. The van der Waals surface area contributed by atoms with Crippen molar-refractivity contribution in [1.82, 2.24) is 4.98 Å². The van der Waals surface area contributed by atoms with E-state index in [-0.39, 0.29) is 5.92 Å². The fraction of sp³-hybridized carbons (Fsp3) is 0.182. The van der Waals surface area contributed by atoms with Crippen LogP contribution in [-0.4, -0.2) is 17.8 Å². The summed E-state index contributed by atoms with van der Waals surface area (Å²) in [6, 6.07) is 22.1. The molecule has 0 aliphatic heterocycles. The summed E-state index contributed by atoms with van der Waals surface area (Å²) < 4.78 is 5.27. The number of nitrogens with zero attached hydrogens (tertiary/aromatic N) is 2. The first-order valence-electron chi connectivity index (χ1n) is 8.54. The maximum Gasteiger partial charge on any atom is 0.232 e. The molecule has 1 heterocycles. The van der Waals surface area contributed by atoms with E-state index >= 15 is 0 Å². The van der Waals surface area contributed by atoms with Gasteiger partial charge in [-0.05, 0) is 12.0 Å². The molecule has 3 nitrogen and oxygen atoms in total. The van der Waals surface area contributed by atoms with Gasteiger partial charge < -0.3 is 4.74 Å². The van der Waals surface area contributed by atoms with Crippen molar-refractivity contribution < 1.29 is 4.74 Å². The Bertz CT molecular complexity index is 865. The number of halogens is 1. The molecule has 3 rings (SSSR count). The maximum atomic E-state index is 6.32. The van der Waals surface area contributed by atoms with Crippen LogP contribution >= 0.6 is 11.6 Å². The van der Waals surface area contributed by atoms with E-state index in [4.69, 9.17) is 21.3 Å². The van der Waals surface area contributed by atoms with Gasteiger partial charge in [0.05, 0.1) is 24.2 Å². The highest BCUT2D eigenvalue weighted by Crippen LogP contribution is 2.34. The minimum Gasteiger partial charge on any atom is -0.480 e. The van der Waals surface area contributed by atoms with E-state index in [1.165, 1.54) is 0 Å². The second-order valence-corrected chi connectivity index (χ2v) is 6.64. The highest BCUT2D eigenvalue weighted by Gasteiger charge is 2.15. The topological polar surface area (TPSA) is 34.5 Å². The van der Waals surface area contributed by atoms with Crippen LogP contribution in [0, 0.1) is 0 Å². The van der Waals surface area contributed by atoms with Crippen molar-refractivity contribution in [3.05, 3.63) is 88.6 Å². The predicted octanol–water partition coefficient (Wildman–Crippen LogP) is 6.04. The first kappa shape index (κ1) is 18.2. The monoisotopic (exact) mass is 364 g/mol. The second-order valence-electron chi connectivity index (χ2n) is 6.23. The zero-order chi connectivity index (χ0) is 18.5. The van der Waals surface area contributed by atoms with Gasteiger partial charge in [0.2, 0.25) is 5.88 Å². The first-order valence-corrected chi connectivity index (χ1v) is 8.92. The molecule has 0 fully saturated rings. The summed E-state index contributed by atoms with van der Waals surface area (Å²) in [5.74, 6) is 0.614. The number of aromatic nitrogens is 1. The molecule has 0 spiro atoms. The molecule has 0 aliphatic rings. The molecular formula is C22H21ClN2O. The number of aliphatic imine (C=N–C) groups is 1. The lowest BCUT2D eigenvalue weighted by molar-refractivity contribution is 0.396. The van der Waals surface area contributed by atoms with Crippen LogP contribution in [0.15, 0.2) is 71.7 Å².